The third-order valence-electron chi connectivity index (χ3n) is 2.21. The summed E-state index contributed by atoms with van der Waals surface area (Å²) < 4.78 is 0. The van der Waals surface area contributed by atoms with Crippen LogP contribution in [0.3, 0.4) is 0 Å². The normalized spacial score (nSPS) is 17.4. The molecule has 0 spiro atoms. The molecule has 0 unspecified atom stereocenters. The Morgan fingerprint density at radius 1 is 0.353 bits per heavy atom. The van der Waals surface area contributed by atoms with Gasteiger partial charge in [0.25, 0.3) is 0 Å². The van der Waals surface area contributed by atoms with Gasteiger partial charge in [-0.05, 0) is 0 Å². The van der Waals surface area contributed by atoms with Crippen molar-refractivity contribution in [3.8, 4) is 39.7 Å². The van der Waals surface area contributed by atoms with Gasteiger partial charge in [0.2, 0.25) is 0 Å². The predicted molar refractivity (Wildman–Crippen MR) is 44.9 cm³/mol. The van der Waals surface area contributed by atoms with Gasteiger partial charge in [0.15, 0.2) is 0 Å². The van der Waals surface area contributed by atoms with E-state index in [0.717, 1.165) is 0 Å². The van der Waals surface area contributed by atoms with E-state index in [-0.39, 0.29) is 0 Å². The van der Waals surface area contributed by atoms with Crippen molar-refractivity contribution in [3.05, 3.63) is 0 Å². The second-order valence-corrected chi connectivity index (χ2v) is 12.8. The molecule has 0 aromatic rings. The van der Waals surface area contributed by atoms with Crippen LogP contribution in [0.4, 0.5) is 0 Å². The first-order valence-electron chi connectivity index (χ1n) is 3.20. The monoisotopic (exact) mass is 264 g/mol. The van der Waals surface area contributed by atoms with Crippen LogP contribution in [-0.4, -0.2) is 0 Å². The van der Waals surface area contributed by atoms with Gasteiger partial charge in [0.05, 0.1) is 0 Å². The van der Waals surface area contributed by atoms with Gasteiger partial charge in [0, 0.05) is 0 Å². The molecule has 0 N–H and O–H groups in total. The van der Waals surface area contributed by atoms with Gasteiger partial charge in [-0.2, -0.15) is 0 Å². The minimum absolute atomic E-state index is 0.625. The van der Waals surface area contributed by atoms with Crippen LogP contribution in [0.5, 0.6) is 0 Å². The van der Waals surface area contributed by atoms with E-state index in [1.165, 1.54) is 0 Å². The van der Waals surface area contributed by atoms with Gasteiger partial charge in [-0.3, -0.25) is 0 Å². The third-order valence-corrected chi connectivity index (χ3v) is 9.13. The maximum absolute atomic E-state index is 9.03. The van der Waals surface area contributed by atoms with Crippen molar-refractivity contribution in [2.75, 3.05) is 0 Å². The van der Waals surface area contributed by atoms with Crippen LogP contribution < -0.4 is 0 Å². The zero-order valence-corrected chi connectivity index (χ0v) is 9.04. The van der Waals surface area contributed by atoms with E-state index in [1.807, 2.05) is 0 Å². The van der Waals surface area contributed by atoms with Crippen LogP contribution in [0.15, 0.2) is 0 Å². The Bertz CT molecular complexity index is 616. The quantitative estimate of drug-likeness (QED) is 0.550. The molecule has 0 aliphatic heterocycles. The Labute approximate surface area is 90.8 Å². The van der Waals surface area contributed by atoms with E-state index in [2.05, 4.69) is 0 Å². The summed E-state index contributed by atoms with van der Waals surface area (Å²) in [4.78, 5) is 5.00. The fraction of sp³-hybridized carbons (Fsp3) is 0. The Kier molecular flexibility index (Phi) is 1.22. The van der Waals surface area contributed by atoms with Crippen molar-refractivity contribution >= 4 is 0 Å². The summed E-state index contributed by atoms with van der Waals surface area (Å²) in [6, 6.07) is 0. The summed E-state index contributed by atoms with van der Waals surface area (Å²) in [5.74, 6) is 0. The molecule has 0 rings (SSSR count). The molecule has 0 heterocycles. The fourth-order valence-corrected chi connectivity index (χ4v) is 2.04. The molecule has 0 radical (unpaired) electrons. The Morgan fingerprint density at radius 2 is 0.471 bits per heavy atom. The Balaban J connectivity index is 9.02. The molecule has 0 atom stereocenters. The van der Waals surface area contributed by atoms with Crippen molar-refractivity contribution < 1.29 is 8.62 Å². The average Bonchev–Trinajstić information content (AvgIpc) is 2.48. The van der Waals surface area contributed by atoms with E-state index in [1.54, 1.807) is 0 Å². The molecule has 9 heteroatoms. The van der Waals surface area contributed by atoms with Crippen LogP contribution >= 0.6 is 0 Å². The zero-order chi connectivity index (χ0) is 14.0. The second-order valence-electron chi connectivity index (χ2n) is 3.11. The number of nitriles is 8. The number of hydrogen-bond donors (Lipinski definition) is 0. The van der Waals surface area contributed by atoms with Gasteiger partial charge in [-0.15, -0.1) is 0 Å². The van der Waals surface area contributed by atoms with Gasteiger partial charge in [0.1, 0.15) is 0 Å². The summed E-state index contributed by atoms with van der Waals surface area (Å²) in [5, 5.41) is 72.2. The summed E-state index contributed by atoms with van der Waals surface area (Å²) in [6.45, 7) is 0. The van der Waals surface area contributed by atoms with Gasteiger partial charge >= 0.3 is 90.5 Å². The second kappa shape index (κ2) is 1.55. The van der Waals surface area contributed by atoms with E-state index in [9.17, 15) is 0 Å². The molecule has 80 valence electrons. The number of hydrogen-bond acceptors (Lipinski definition) is 8. The summed E-state index contributed by atoms with van der Waals surface area (Å²) in [5.41, 5.74) is 0. The molecular formula is C8FeN8. The molecule has 0 saturated heterocycles. The van der Waals surface area contributed by atoms with E-state index in [4.69, 9.17) is 42.1 Å². The fourth-order valence-electron chi connectivity index (χ4n) is 0.495. The molecule has 0 saturated carbocycles. The standard InChI is InChI=1S/8CN.Fe/c8*1-2;. The summed E-state index contributed by atoms with van der Waals surface area (Å²) in [7, 11) is -8.88. The molecule has 0 aromatic carbocycles. The molecular weight excluding hydrogens is 264 g/mol. The van der Waals surface area contributed by atoms with Crippen LogP contribution in [0.2, 0.25) is 0 Å². The predicted octanol–water partition coefficient (Wildman–Crippen LogP) is 0.132. The van der Waals surface area contributed by atoms with Crippen LogP contribution in [-0.2, 0) is 8.62 Å². The first-order chi connectivity index (χ1) is 7.66. The molecule has 0 fully saturated rings. The van der Waals surface area contributed by atoms with Crippen molar-refractivity contribution in [2.45, 2.75) is 0 Å². The van der Waals surface area contributed by atoms with Gasteiger partial charge in [-0.25, -0.2) is 0 Å². The number of rotatable bonds is 0. The van der Waals surface area contributed by atoms with Gasteiger partial charge < -0.3 is 0 Å². The molecule has 0 aromatic heterocycles. The van der Waals surface area contributed by atoms with Crippen molar-refractivity contribution in [1.29, 1.82) is 42.1 Å². The maximum atomic E-state index is 9.03. The Morgan fingerprint density at radius 3 is 0.471 bits per heavy atom. The molecule has 0 bridgehead atoms. The molecule has 0 aliphatic carbocycles. The molecule has 0 amide bonds. The molecule has 17 heavy (non-hydrogen) atoms. The van der Waals surface area contributed by atoms with Crippen LogP contribution in [0.1, 0.15) is 0 Å². The zero-order valence-electron chi connectivity index (χ0n) is 7.93. The van der Waals surface area contributed by atoms with Crippen molar-refractivity contribution in [2.24, 2.45) is 0 Å². The van der Waals surface area contributed by atoms with Crippen molar-refractivity contribution in [3.63, 3.8) is 0 Å². The number of nitrogens with zero attached hydrogens (tertiary/aromatic N) is 8. The van der Waals surface area contributed by atoms with Crippen molar-refractivity contribution in [1.82, 2.24) is 0 Å². The Hall–Kier alpha value is -3.56. The topological polar surface area (TPSA) is 190 Å². The first-order valence-corrected chi connectivity index (χ1v) is 7.62. The molecule has 0 aliphatic rings. The minimum atomic E-state index is -8.88. The summed E-state index contributed by atoms with van der Waals surface area (Å²) in [6.07, 6.45) is 0. The van der Waals surface area contributed by atoms with Crippen LogP contribution in [0, 0.1) is 81.8 Å². The molecule has 8 nitrogen and oxygen atoms in total. The average molecular weight is 264 g/mol. The van der Waals surface area contributed by atoms with E-state index in [0.29, 0.717) is 39.7 Å². The third kappa shape index (κ3) is 0.493. The van der Waals surface area contributed by atoms with E-state index < -0.39 is 8.62 Å². The summed E-state index contributed by atoms with van der Waals surface area (Å²) >= 11 is 0. The first kappa shape index (κ1) is 13.4. The van der Waals surface area contributed by atoms with Crippen LogP contribution in [0.25, 0.3) is 0 Å². The van der Waals surface area contributed by atoms with E-state index >= 15 is 0 Å². The van der Waals surface area contributed by atoms with Gasteiger partial charge in [-0.1, -0.05) is 0 Å². The SMILES string of the molecule is N#[C][Fe]([C]#N)([C]#N)([C]#N)([C]#N)([C]#N)([C]#N)[C]#N.